The minimum atomic E-state index is -3.79. The van der Waals surface area contributed by atoms with Crippen molar-refractivity contribution in [3.05, 3.63) is 29.8 Å². The summed E-state index contributed by atoms with van der Waals surface area (Å²) >= 11 is 0. The molecule has 2 rings (SSSR count). The van der Waals surface area contributed by atoms with Gasteiger partial charge in [-0.2, -0.15) is 0 Å². The average Bonchev–Trinajstić information content (AvgIpc) is 3.18. The zero-order valence-electron chi connectivity index (χ0n) is 13.9. The van der Waals surface area contributed by atoms with Crippen LogP contribution in [0, 0.1) is 0 Å². The van der Waals surface area contributed by atoms with Gasteiger partial charge in [-0.25, -0.2) is 17.9 Å². The molecule has 0 saturated heterocycles. The van der Waals surface area contributed by atoms with Crippen LogP contribution in [0.2, 0.25) is 0 Å². The Labute approximate surface area is 137 Å². The third-order valence-electron chi connectivity index (χ3n) is 3.68. The molecule has 1 aliphatic rings. The first-order valence-electron chi connectivity index (χ1n) is 7.45. The van der Waals surface area contributed by atoms with Gasteiger partial charge >= 0.3 is 6.09 Å². The van der Waals surface area contributed by atoms with Gasteiger partial charge < -0.3 is 9.47 Å². The van der Waals surface area contributed by atoms with Crippen molar-refractivity contribution in [3.8, 4) is 5.75 Å². The lowest BCUT2D eigenvalue weighted by molar-refractivity contribution is 0.0569. The van der Waals surface area contributed by atoms with E-state index in [-0.39, 0.29) is 0 Å². The number of carbonyl (C=O) groups is 1. The fourth-order valence-electron chi connectivity index (χ4n) is 2.31. The molecule has 0 bridgehead atoms. The van der Waals surface area contributed by atoms with Gasteiger partial charge in [0, 0.05) is 0 Å². The smallest absolute Gasteiger partial charge is 0.421 e. The lowest BCUT2D eigenvalue weighted by Crippen LogP contribution is -2.43. The second-order valence-corrected chi connectivity index (χ2v) is 8.89. The topological polar surface area (TPSA) is 81.7 Å². The summed E-state index contributed by atoms with van der Waals surface area (Å²) in [5.74, 6) is 0.716. The van der Waals surface area contributed by atoms with Gasteiger partial charge in [0.15, 0.2) is 0 Å². The Kier molecular flexibility index (Phi) is 4.61. The molecule has 128 valence electrons. The molecule has 23 heavy (non-hydrogen) atoms. The number of hydrogen-bond acceptors (Lipinski definition) is 5. The van der Waals surface area contributed by atoms with Crippen LogP contribution in [0.1, 0.15) is 39.2 Å². The first-order chi connectivity index (χ1) is 10.6. The van der Waals surface area contributed by atoms with E-state index in [0.29, 0.717) is 25.0 Å². The van der Waals surface area contributed by atoms with E-state index in [4.69, 9.17) is 9.47 Å². The minimum absolute atomic E-state index is 0.356. The molecule has 1 saturated carbocycles. The van der Waals surface area contributed by atoms with Crippen molar-refractivity contribution in [2.24, 2.45) is 0 Å². The van der Waals surface area contributed by atoms with Crippen molar-refractivity contribution >= 4 is 16.1 Å². The predicted molar refractivity (Wildman–Crippen MR) is 87.0 cm³/mol. The number of rotatable bonds is 5. The Hall–Kier alpha value is -1.76. The second-order valence-electron chi connectivity index (χ2n) is 6.82. The molecule has 1 aromatic carbocycles. The number of amides is 1. The van der Waals surface area contributed by atoms with Crippen LogP contribution in [0.4, 0.5) is 4.79 Å². The lowest BCUT2D eigenvalue weighted by Gasteiger charge is -2.22. The number of sulfonamides is 1. The molecule has 1 amide bonds. The van der Waals surface area contributed by atoms with E-state index in [2.05, 4.69) is 0 Å². The molecular formula is C16H23NO5S. The summed E-state index contributed by atoms with van der Waals surface area (Å²) in [7, 11) is -2.21. The Morgan fingerprint density at radius 3 is 2.22 bits per heavy atom. The molecule has 0 radical (unpaired) electrons. The zero-order chi connectivity index (χ0) is 17.3. The third-order valence-corrected chi connectivity index (χ3v) is 5.81. The summed E-state index contributed by atoms with van der Waals surface area (Å²) in [5, 5.41) is 0. The van der Waals surface area contributed by atoms with Crippen LogP contribution in [0.25, 0.3) is 0 Å². The molecule has 0 atom stereocenters. The van der Waals surface area contributed by atoms with Crippen LogP contribution in [-0.4, -0.2) is 32.0 Å². The molecule has 1 N–H and O–H groups in total. The number of carbonyl (C=O) groups excluding carboxylic acids is 1. The number of ether oxygens (including phenoxy) is 2. The Balaban J connectivity index is 2.07. The van der Waals surface area contributed by atoms with Gasteiger partial charge in [-0.05, 0) is 57.7 Å². The van der Waals surface area contributed by atoms with Crippen LogP contribution in [0.3, 0.4) is 0 Å². The molecule has 1 aliphatic carbocycles. The fourth-order valence-corrected chi connectivity index (χ4v) is 3.79. The van der Waals surface area contributed by atoms with Gasteiger partial charge in [0.2, 0.25) is 10.0 Å². The van der Waals surface area contributed by atoms with Crippen molar-refractivity contribution in [1.82, 2.24) is 4.72 Å². The molecule has 6 nitrogen and oxygen atoms in total. The van der Waals surface area contributed by atoms with Crippen LogP contribution < -0.4 is 9.46 Å². The SMILES string of the molecule is COc1ccc(CC2(S(=O)(=O)NC(=O)OC(C)(C)C)CC2)cc1. The van der Waals surface area contributed by atoms with E-state index in [1.54, 1.807) is 40.0 Å². The number of hydrogen-bond donors (Lipinski definition) is 1. The van der Waals surface area contributed by atoms with Crippen LogP contribution in [-0.2, 0) is 21.2 Å². The normalized spacial score (nSPS) is 16.5. The zero-order valence-corrected chi connectivity index (χ0v) is 14.7. The van der Waals surface area contributed by atoms with Crippen LogP contribution >= 0.6 is 0 Å². The summed E-state index contributed by atoms with van der Waals surface area (Å²) in [6, 6.07) is 7.25. The predicted octanol–water partition coefficient (Wildman–Crippen LogP) is 2.62. The van der Waals surface area contributed by atoms with Crippen molar-refractivity contribution in [1.29, 1.82) is 0 Å². The van der Waals surface area contributed by atoms with Gasteiger partial charge in [0.25, 0.3) is 0 Å². The highest BCUT2D eigenvalue weighted by Crippen LogP contribution is 2.45. The third kappa shape index (κ3) is 4.37. The summed E-state index contributed by atoms with van der Waals surface area (Å²) in [6.45, 7) is 5.05. The van der Waals surface area contributed by atoms with E-state index in [9.17, 15) is 13.2 Å². The summed E-state index contributed by atoms with van der Waals surface area (Å²) in [5.41, 5.74) is 0.143. The average molecular weight is 341 g/mol. The molecule has 0 spiro atoms. The summed E-state index contributed by atoms with van der Waals surface area (Å²) < 4.78 is 36.2. The minimum Gasteiger partial charge on any atom is -0.497 e. The highest BCUT2D eigenvalue weighted by atomic mass is 32.2. The maximum atomic E-state index is 12.5. The first kappa shape index (κ1) is 17.6. The van der Waals surface area contributed by atoms with Crippen molar-refractivity contribution < 1.29 is 22.7 Å². The largest absolute Gasteiger partial charge is 0.497 e. The van der Waals surface area contributed by atoms with E-state index in [0.717, 1.165) is 5.56 Å². The molecule has 0 aliphatic heterocycles. The van der Waals surface area contributed by atoms with E-state index >= 15 is 0 Å². The molecule has 1 aromatic rings. The highest BCUT2D eigenvalue weighted by molar-refractivity contribution is 7.91. The second kappa shape index (κ2) is 6.03. The molecular weight excluding hydrogens is 318 g/mol. The summed E-state index contributed by atoms with van der Waals surface area (Å²) in [4.78, 5) is 11.8. The van der Waals surface area contributed by atoms with E-state index < -0.39 is 26.5 Å². The number of benzene rings is 1. The van der Waals surface area contributed by atoms with Crippen LogP contribution in [0.5, 0.6) is 5.75 Å². The van der Waals surface area contributed by atoms with E-state index in [1.807, 2.05) is 16.9 Å². The summed E-state index contributed by atoms with van der Waals surface area (Å²) in [6.07, 6.45) is 0.474. The van der Waals surface area contributed by atoms with Gasteiger partial charge in [-0.15, -0.1) is 0 Å². The molecule has 0 unspecified atom stereocenters. The van der Waals surface area contributed by atoms with Gasteiger partial charge in [0.05, 0.1) is 11.9 Å². The molecule has 0 heterocycles. The van der Waals surface area contributed by atoms with Crippen molar-refractivity contribution in [2.45, 2.75) is 50.4 Å². The molecule has 7 heteroatoms. The van der Waals surface area contributed by atoms with Gasteiger partial charge in [0.1, 0.15) is 11.4 Å². The maximum absolute atomic E-state index is 12.5. The maximum Gasteiger partial charge on any atom is 0.421 e. The fraction of sp³-hybridized carbons (Fsp3) is 0.562. The van der Waals surface area contributed by atoms with Gasteiger partial charge in [-0.3, -0.25) is 0 Å². The number of methoxy groups -OCH3 is 1. The lowest BCUT2D eigenvalue weighted by atomic mass is 10.1. The quantitative estimate of drug-likeness (QED) is 0.890. The molecule has 0 aromatic heterocycles. The monoisotopic (exact) mass is 341 g/mol. The van der Waals surface area contributed by atoms with E-state index in [1.165, 1.54) is 0 Å². The van der Waals surface area contributed by atoms with Crippen molar-refractivity contribution in [2.75, 3.05) is 7.11 Å². The number of nitrogens with one attached hydrogen (secondary N) is 1. The highest BCUT2D eigenvalue weighted by Gasteiger charge is 2.55. The van der Waals surface area contributed by atoms with Gasteiger partial charge in [-0.1, -0.05) is 12.1 Å². The van der Waals surface area contributed by atoms with Crippen LogP contribution in [0.15, 0.2) is 24.3 Å². The Bertz CT molecular complexity index is 669. The molecule has 1 fully saturated rings. The van der Waals surface area contributed by atoms with Crippen molar-refractivity contribution in [3.63, 3.8) is 0 Å². The standard InChI is InChI=1S/C16H23NO5S/c1-15(2,3)22-14(18)17-23(19,20)16(9-10-16)11-12-5-7-13(21-4)8-6-12/h5-8H,9-11H2,1-4H3,(H,17,18). The first-order valence-corrected chi connectivity index (χ1v) is 8.94. The Morgan fingerprint density at radius 1 is 1.22 bits per heavy atom. The Morgan fingerprint density at radius 2 is 1.78 bits per heavy atom.